The number of hydrogen-bond acceptors (Lipinski definition) is 3. The van der Waals surface area contributed by atoms with Gasteiger partial charge in [-0.3, -0.25) is 0 Å². The molecule has 0 spiro atoms. The van der Waals surface area contributed by atoms with Gasteiger partial charge in [0.05, 0.1) is 17.1 Å². The highest BCUT2D eigenvalue weighted by Gasteiger charge is 2.09. The van der Waals surface area contributed by atoms with Crippen molar-refractivity contribution < 1.29 is 18.7 Å². The lowest BCUT2D eigenvalue weighted by Crippen LogP contribution is -2.12. The molecule has 0 saturated heterocycles. The number of rotatable bonds is 4. The Morgan fingerprint density at radius 1 is 1.67 bits per heavy atom. The fourth-order valence-corrected chi connectivity index (χ4v) is 1.09. The van der Waals surface area contributed by atoms with Gasteiger partial charge < -0.3 is 10.4 Å². The molecule has 0 atom stereocenters. The SMILES string of the molecule is O=C(O)c1cnc(NCC(F)F)c(Cl)c1. The molecule has 1 rings (SSSR count). The predicted octanol–water partition coefficient (Wildman–Crippen LogP) is 2.11. The number of nitrogens with zero attached hydrogens (tertiary/aromatic N) is 1. The molecule has 0 radical (unpaired) electrons. The summed E-state index contributed by atoms with van der Waals surface area (Å²) in [6, 6.07) is 1.14. The minimum absolute atomic E-state index is 0.00412. The fraction of sp³-hybridized carbons (Fsp3) is 0.250. The Bertz CT molecular complexity index is 374. The molecular weight excluding hydrogens is 230 g/mol. The van der Waals surface area contributed by atoms with Gasteiger partial charge in [-0.15, -0.1) is 0 Å². The second-order valence-electron chi connectivity index (χ2n) is 2.63. The third-order valence-electron chi connectivity index (χ3n) is 1.51. The van der Waals surface area contributed by atoms with Crippen LogP contribution >= 0.6 is 11.6 Å². The van der Waals surface area contributed by atoms with Gasteiger partial charge in [-0.1, -0.05) is 11.6 Å². The second-order valence-corrected chi connectivity index (χ2v) is 3.04. The van der Waals surface area contributed by atoms with Crippen LogP contribution in [0.3, 0.4) is 0 Å². The normalized spacial score (nSPS) is 10.4. The first-order valence-electron chi connectivity index (χ1n) is 3.91. The van der Waals surface area contributed by atoms with Gasteiger partial charge in [-0.05, 0) is 6.07 Å². The maximum absolute atomic E-state index is 11.8. The summed E-state index contributed by atoms with van der Waals surface area (Å²) in [6.07, 6.45) is -1.48. The zero-order chi connectivity index (χ0) is 11.4. The van der Waals surface area contributed by atoms with Gasteiger partial charge in [0.2, 0.25) is 0 Å². The molecule has 1 heterocycles. The van der Waals surface area contributed by atoms with Gasteiger partial charge in [0.1, 0.15) is 5.82 Å². The Morgan fingerprint density at radius 2 is 2.33 bits per heavy atom. The van der Waals surface area contributed by atoms with Crippen LogP contribution in [0.4, 0.5) is 14.6 Å². The number of carboxylic acid groups (broad SMARTS) is 1. The highest BCUT2D eigenvalue weighted by molar-refractivity contribution is 6.33. The van der Waals surface area contributed by atoms with Crippen molar-refractivity contribution in [2.45, 2.75) is 6.43 Å². The smallest absolute Gasteiger partial charge is 0.337 e. The summed E-state index contributed by atoms with van der Waals surface area (Å²) in [4.78, 5) is 14.1. The number of carbonyl (C=O) groups is 1. The Morgan fingerprint density at radius 3 is 2.80 bits per heavy atom. The molecule has 1 aromatic rings. The average Bonchev–Trinajstić information content (AvgIpc) is 2.15. The summed E-state index contributed by atoms with van der Waals surface area (Å²) in [5, 5.41) is 10.9. The zero-order valence-corrected chi connectivity index (χ0v) is 8.13. The van der Waals surface area contributed by atoms with E-state index in [4.69, 9.17) is 16.7 Å². The van der Waals surface area contributed by atoms with Crippen molar-refractivity contribution in [1.82, 2.24) is 4.98 Å². The predicted molar refractivity (Wildman–Crippen MR) is 50.7 cm³/mol. The van der Waals surface area contributed by atoms with Gasteiger partial charge in [0.15, 0.2) is 0 Å². The molecule has 7 heteroatoms. The molecule has 0 amide bonds. The third-order valence-corrected chi connectivity index (χ3v) is 1.80. The topological polar surface area (TPSA) is 62.2 Å². The van der Waals surface area contributed by atoms with Crippen LogP contribution in [0.5, 0.6) is 0 Å². The molecule has 0 unspecified atom stereocenters. The van der Waals surface area contributed by atoms with Crippen LogP contribution in [-0.2, 0) is 0 Å². The van der Waals surface area contributed by atoms with E-state index in [2.05, 4.69) is 10.3 Å². The molecule has 0 fully saturated rings. The Balaban J connectivity index is 2.79. The second kappa shape index (κ2) is 4.88. The van der Waals surface area contributed by atoms with Crippen molar-refractivity contribution in [3.8, 4) is 0 Å². The monoisotopic (exact) mass is 236 g/mol. The molecule has 2 N–H and O–H groups in total. The first-order chi connectivity index (χ1) is 7.00. The standard InChI is InChI=1S/C8H7ClF2N2O2/c9-5-1-4(8(14)15)2-12-7(5)13-3-6(10)11/h1-2,6H,3H2,(H,12,13)(H,14,15). The lowest BCUT2D eigenvalue weighted by Gasteiger charge is -2.06. The van der Waals surface area contributed by atoms with Crippen molar-refractivity contribution in [3.63, 3.8) is 0 Å². The van der Waals surface area contributed by atoms with E-state index in [9.17, 15) is 13.6 Å². The van der Waals surface area contributed by atoms with Crippen molar-refractivity contribution >= 4 is 23.4 Å². The number of hydrogen-bond donors (Lipinski definition) is 2. The maximum Gasteiger partial charge on any atom is 0.337 e. The largest absolute Gasteiger partial charge is 0.478 e. The minimum atomic E-state index is -2.53. The molecule has 0 aliphatic heterocycles. The first-order valence-corrected chi connectivity index (χ1v) is 4.29. The van der Waals surface area contributed by atoms with Crippen molar-refractivity contribution in [3.05, 3.63) is 22.8 Å². The van der Waals surface area contributed by atoms with E-state index >= 15 is 0 Å². The van der Waals surface area contributed by atoms with E-state index in [1.54, 1.807) is 0 Å². The van der Waals surface area contributed by atoms with Crippen LogP contribution in [0, 0.1) is 0 Å². The molecule has 82 valence electrons. The fourth-order valence-electron chi connectivity index (χ4n) is 0.859. The summed E-state index contributed by atoms with van der Waals surface area (Å²) in [7, 11) is 0. The molecule has 0 saturated carbocycles. The van der Waals surface area contributed by atoms with Crippen molar-refractivity contribution in [1.29, 1.82) is 0 Å². The van der Waals surface area contributed by atoms with E-state index in [0.717, 1.165) is 12.3 Å². The molecule has 1 aromatic heterocycles. The van der Waals surface area contributed by atoms with E-state index in [1.807, 2.05) is 0 Å². The van der Waals surface area contributed by atoms with Crippen LogP contribution in [0.1, 0.15) is 10.4 Å². The van der Waals surface area contributed by atoms with Gasteiger partial charge in [-0.2, -0.15) is 0 Å². The van der Waals surface area contributed by atoms with Crippen LogP contribution < -0.4 is 5.32 Å². The quantitative estimate of drug-likeness (QED) is 0.841. The molecular formula is C8H7ClF2N2O2. The molecule has 0 bridgehead atoms. The van der Waals surface area contributed by atoms with E-state index in [-0.39, 0.29) is 16.4 Å². The number of carboxylic acids is 1. The molecule has 0 aliphatic rings. The van der Waals surface area contributed by atoms with Gasteiger partial charge in [0.25, 0.3) is 6.43 Å². The number of nitrogens with one attached hydrogen (secondary N) is 1. The van der Waals surface area contributed by atoms with Gasteiger partial charge in [0, 0.05) is 6.20 Å². The Labute approximate surface area is 88.9 Å². The zero-order valence-electron chi connectivity index (χ0n) is 7.38. The van der Waals surface area contributed by atoms with Crippen LogP contribution in [-0.4, -0.2) is 29.0 Å². The molecule has 4 nitrogen and oxygen atoms in total. The summed E-state index contributed by atoms with van der Waals surface area (Å²) in [6.45, 7) is -0.584. The number of alkyl halides is 2. The van der Waals surface area contributed by atoms with E-state index in [1.165, 1.54) is 0 Å². The van der Waals surface area contributed by atoms with Crippen LogP contribution in [0.15, 0.2) is 12.3 Å². The van der Waals surface area contributed by atoms with E-state index in [0.29, 0.717) is 0 Å². The van der Waals surface area contributed by atoms with Crippen molar-refractivity contribution in [2.75, 3.05) is 11.9 Å². The highest BCUT2D eigenvalue weighted by atomic mass is 35.5. The van der Waals surface area contributed by atoms with Crippen LogP contribution in [0.2, 0.25) is 5.02 Å². The minimum Gasteiger partial charge on any atom is -0.478 e. The first kappa shape index (κ1) is 11.6. The number of aromatic nitrogens is 1. The Kier molecular flexibility index (Phi) is 3.79. The van der Waals surface area contributed by atoms with E-state index < -0.39 is 18.9 Å². The van der Waals surface area contributed by atoms with Crippen molar-refractivity contribution in [2.24, 2.45) is 0 Å². The lowest BCUT2D eigenvalue weighted by atomic mass is 10.3. The van der Waals surface area contributed by atoms with Gasteiger partial charge in [-0.25, -0.2) is 18.6 Å². The average molecular weight is 237 g/mol. The van der Waals surface area contributed by atoms with Gasteiger partial charge >= 0.3 is 5.97 Å². The number of aromatic carboxylic acids is 1. The number of anilines is 1. The summed E-state index contributed by atoms with van der Waals surface area (Å²) >= 11 is 5.62. The maximum atomic E-state index is 11.8. The number of halogens is 3. The summed E-state index contributed by atoms with van der Waals surface area (Å²) < 4.78 is 23.7. The molecule has 0 aliphatic carbocycles. The Hall–Kier alpha value is -1.43. The summed E-state index contributed by atoms with van der Waals surface area (Å²) in [5.74, 6) is -1.13. The highest BCUT2D eigenvalue weighted by Crippen LogP contribution is 2.20. The molecule has 0 aromatic carbocycles. The van der Waals surface area contributed by atoms with Crippen LogP contribution in [0.25, 0.3) is 0 Å². The lowest BCUT2D eigenvalue weighted by molar-refractivity contribution is 0.0696. The molecule has 15 heavy (non-hydrogen) atoms. The number of pyridine rings is 1. The third kappa shape index (κ3) is 3.32. The summed E-state index contributed by atoms with van der Waals surface area (Å²) in [5.41, 5.74) is -0.0948.